The van der Waals surface area contributed by atoms with Gasteiger partial charge >= 0.3 is 0 Å². The summed E-state index contributed by atoms with van der Waals surface area (Å²) in [5.41, 5.74) is 11.4. The number of aromatic nitrogens is 2. The van der Waals surface area contributed by atoms with Crippen molar-refractivity contribution in [1.82, 2.24) is 14.7 Å². The van der Waals surface area contributed by atoms with E-state index >= 15 is 0 Å². The molecular formula is C21H26ClN5. The summed E-state index contributed by atoms with van der Waals surface area (Å²) in [4.78, 5) is 6.98. The SMILES string of the molecule is CCCc1ccc(-c2cn3c(N4CCNCC4)cnc3cc2CN)c(Cl)c1. The molecule has 0 radical (unpaired) electrons. The summed E-state index contributed by atoms with van der Waals surface area (Å²) in [6.45, 7) is 6.58. The fourth-order valence-electron chi connectivity index (χ4n) is 3.81. The molecule has 6 heteroatoms. The maximum Gasteiger partial charge on any atom is 0.138 e. The van der Waals surface area contributed by atoms with Crippen LogP contribution in [0.4, 0.5) is 5.82 Å². The Morgan fingerprint density at radius 2 is 2.00 bits per heavy atom. The number of hydrogen-bond acceptors (Lipinski definition) is 4. The van der Waals surface area contributed by atoms with Gasteiger partial charge in [-0.25, -0.2) is 4.98 Å². The second-order valence-electron chi connectivity index (χ2n) is 7.06. The number of anilines is 1. The Balaban J connectivity index is 1.81. The van der Waals surface area contributed by atoms with Gasteiger partial charge < -0.3 is 16.0 Å². The Morgan fingerprint density at radius 1 is 1.19 bits per heavy atom. The van der Waals surface area contributed by atoms with Crippen molar-refractivity contribution in [2.24, 2.45) is 5.73 Å². The Labute approximate surface area is 165 Å². The highest BCUT2D eigenvalue weighted by molar-refractivity contribution is 6.33. The number of rotatable bonds is 5. The largest absolute Gasteiger partial charge is 0.354 e. The summed E-state index contributed by atoms with van der Waals surface area (Å²) in [6.07, 6.45) is 6.25. The lowest BCUT2D eigenvalue weighted by Crippen LogP contribution is -2.44. The number of benzene rings is 1. The Morgan fingerprint density at radius 3 is 2.70 bits per heavy atom. The summed E-state index contributed by atoms with van der Waals surface area (Å²) >= 11 is 6.66. The van der Waals surface area contributed by atoms with E-state index in [1.807, 2.05) is 6.20 Å². The summed E-state index contributed by atoms with van der Waals surface area (Å²) in [7, 11) is 0. The van der Waals surface area contributed by atoms with Crippen molar-refractivity contribution < 1.29 is 0 Å². The highest BCUT2D eigenvalue weighted by Gasteiger charge is 2.17. The van der Waals surface area contributed by atoms with Crippen molar-refractivity contribution >= 4 is 23.1 Å². The first kappa shape index (κ1) is 18.3. The molecule has 1 aromatic carbocycles. The van der Waals surface area contributed by atoms with Crippen LogP contribution in [0.3, 0.4) is 0 Å². The third kappa shape index (κ3) is 3.55. The van der Waals surface area contributed by atoms with Crippen molar-refractivity contribution in [2.45, 2.75) is 26.3 Å². The number of aryl methyl sites for hydroxylation is 1. The van der Waals surface area contributed by atoms with E-state index in [1.54, 1.807) is 0 Å². The van der Waals surface area contributed by atoms with Gasteiger partial charge in [0.2, 0.25) is 0 Å². The molecule has 0 saturated carbocycles. The molecule has 142 valence electrons. The van der Waals surface area contributed by atoms with Gasteiger partial charge in [-0.3, -0.25) is 4.40 Å². The molecule has 3 heterocycles. The maximum absolute atomic E-state index is 6.66. The van der Waals surface area contributed by atoms with Crippen molar-refractivity contribution in [1.29, 1.82) is 0 Å². The van der Waals surface area contributed by atoms with Gasteiger partial charge in [0.25, 0.3) is 0 Å². The third-order valence-electron chi connectivity index (χ3n) is 5.24. The van der Waals surface area contributed by atoms with E-state index in [9.17, 15) is 0 Å². The van der Waals surface area contributed by atoms with Gasteiger partial charge in [-0.2, -0.15) is 0 Å². The number of nitrogens with zero attached hydrogens (tertiary/aromatic N) is 3. The minimum Gasteiger partial charge on any atom is -0.354 e. The normalized spacial score (nSPS) is 14.9. The number of fused-ring (bicyclic) bond motifs is 1. The van der Waals surface area contributed by atoms with E-state index < -0.39 is 0 Å². The average Bonchev–Trinajstić information content (AvgIpc) is 3.11. The zero-order valence-corrected chi connectivity index (χ0v) is 16.5. The van der Waals surface area contributed by atoms with E-state index in [4.69, 9.17) is 17.3 Å². The third-order valence-corrected chi connectivity index (χ3v) is 5.55. The standard InChI is InChI=1S/C21H26ClN5/c1-2-3-15-4-5-17(19(22)10-15)18-14-27-20(11-16(18)12-23)25-13-21(27)26-8-6-24-7-9-26/h4-5,10-11,13-14,24H,2-3,6-9,12,23H2,1H3. The van der Waals surface area contributed by atoms with Gasteiger partial charge in [-0.15, -0.1) is 0 Å². The summed E-state index contributed by atoms with van der Waals surface area (Å²) in [5.74, 6) is 1.12. The molecule has 27 heavy (non-hydrogen) atoms. The van der Waals surface area contributed by atoms with E-state index in [-0.39, 0.29) is 0 Å². The second kappa shape index (κ2) is 7.89. The Bertz CT molecular complexity index is 943. The molecule has 3 aromatic rings. The van der Waals surface area contributed by atoms with Gasteiger partial charge in [0.1, 0.15) is 11.5 Å². The molecule has 0 bridgehead atoms. The van der Waals surface area contributed by atoms with Crippen molar-refractivity contribution in [3.8, 4) is 11.1 Å². The van der Waals surface area contributed by atoms with Gasteiger partial charge in [0.15, 0.2) is 0 Å². The first-order valence-electron chi connectivity index (χ1n) is 9.65. The second-order valence-corrected chi connectivity index (χ2v) is 7.47. The van der Waals surface area contributed by atoms with E-state index in [1.165, 1.54) is 5.56 Å². The number of halogens is 1. The lowest BCUT2D eigenvalue weighted by Gasteiger charge is -2.28. The van der Waals surface area contributed by atoms with Crippen LogP contribution in [0, 0.1) is 0 Å². The molecule has 0 unspecified atom stereocenters. The predicted molar refractivity (Wildman–Crippen MR) is 113 cm³/mol. The molecule has 0 atom stereocenters. The van der Waals surface area contributed by atoms with Crippen molar-refractivity contribution in [2.75, 3.05) is 31.1 Å². The average molecular weight is 384 g/mol. The molecule has 5 nitrogen and oxygen atoms in total. The van der Waals surface area contributed by atoms with Crippen LogP contribution in [-0.2, 0) is 13.0 Å². The van der Waals surface area contributed by atoms with Crippen LogP contribution in [0.25, 0.3) is 16.8 Å². The fraction of sp³-hybridized carbons (Fsp3) is 0.381. The fourth-order valence-corrected chi connectivity index (χ4v) is 4.12. The monoisotopic (exact) mass is 383 g/mol. The number of piperazine rings is 1. The molecule has 1 aliphatic heterocycles. The lowest BCUT2D eigenvalue weighted by atomic mass is 9.99. The van der Waals surface area contributed by atoms with Crippen LogP contribution < -0.4 is 16.0 Å². The zero-order valence-electron chi connectivity index (χ0n) is 15.7. The van der Waals surface area contributed by atoms with Crippen LogP contribution >= 0.6 is 11.6 Å². The zero-order chi connectivity index (χ0) is 18.8. The maximum atomic E-state index is 6.66. The molecule has 2 aromatic heterocycles. The number of nitrogens with two attached hydrogens (primary N) is 1. The summed E-state index contributed by atoms with van der Waals surface area (Å²) < 4.78 is 2.16. The quantitative estimate of drug-likeness (QED) is 0.708. The van der Waals surface area contributed by atoms with Crippen LogP contribution in [0.15, 0.2) is 36.7 Å². The highest BCUT2D eigenvalue weighted by atomic mass is 35.5. The first-order chi connectivity index (χ1) is 13.2. The summed E-state index contributed by atoms with van der Waals surface area (Å²) in [5, 5.41) is 4.17. The number of pyridine rings is 1. The summed E-state index contributed by atoms with van der Waals surface area (Å²) in [6, 6.07) is 8.45. The number of imidazole rings is 1. The molecule has 1 aliphatic rings. The van der Waals surface area contributed by atoms with Crippen molar-refractivity contribution in [3.05, 3.63) is 52.8 Å². The molecule has 1 saturated heterocycles. The highest BCUT2D eigenvalue weighted by Crippen LogP contribution is 2.33. The molecule has 0 aliphatic carbocycles. The smallest absolute Gasteiger partial charge is 0.138 e. The topological polar surface area (TPSA) is 58.6 Å². The van der Waals surface area contributed by atoms with Gasteiger partial charge in [-0.1, -0.05) is 37.1 Å². The number of nitrogens with one attached hydrogen (secondary N) is 1. The molecule has 3 N–H and O–H groups in total. The first-order valence-corrected chi connectivity index (χ1v) is 10.0. The molecule has 0 amide bonds. The predicted octanol–water partition coefficient (Wildman–Crippen LogP) is 3.48. The van der Waals surface area contributed by atoms with Crippen LogP contribution in [0.1, 0.15) is 24.5 Å². The van der Waals surface area contributed by atoms with Crippen molar-refractivity contribution in [3.63, 3.8) is 0 Å². The minimum atomic E-state index is 0.453. The molecular weight excluding hydrogens is 358 g/mol. The minimum absolute atomic E-state index is 0.453. The number of hydrogen-bond donors (Lipinski definition) is 2. The lowest BCUT2D eigenvalue weighted by molar-refractivity contribution is 0.584. The van der Waals surface area contributed by atoms with Crippen LogP contribution in [0.5, 0.6) is 0 Å². The van der Waals surface area contributed by atoms with Crippen LogP contribution in [-0.4, -0.2) is 35.6 Å². The van der Waals surface area contributed by atoms with E-state index in [2.05, 4.69) is 57.0 Å². The molecule has 4 rings (SSSR count). The Hall–Kier alpha value is -2.08. The van der Waals surface area contributed by atoms with Gasteiger partial charge in [0, 0.05) is 55.1 Å². The molecule has 0 spiro atoms. The van der Waals surface area contributed by atoms with Gasteiger partial charge in [-0.05, 0) is 29.7 Å². The van der Waals surface area contributed by atoms with Gasteiger partial charge in [0.05, 0.1) is 6.20 Å². The molecule has 1 fully saturated rings. The van der Waals surface area contributed by atoms with E-state index in [0.29, 0.717) is 6.54 Å². The Kier molecular flexibility index (Phi) is 5.34. The van der Waals surface area contributed by atoms with Crippen LogP contribution in [0.2, 0.25) is 5.02 Å². The van der Waals surface area contributed by atoms with E-state index in [0.717, 1.165) is 72.2 Å².